The molecule has 3 rings (SSSR count). The summed E-state index contributed by atoms with van der Waals surface area (Å²) in [6, 6.07) is 12.8. The van der Waals surface area contributed by atoms with Gasteiger partial charge in [0.05, 0.1) is 11.7 Å². The van der Waals surface area contributed by atoms with Gasteiger partial charge in [-0.15, -0.1) is 0 Å². The van der Waals surface area contributed by atoms with Crippen LogP contribution in [0.2, 0.25) is 0 Å². The van der Waals surface area contributed by atoms with Gasteiger partial charge in [0.25, 0.3) is 0 Å². The number of nitrogens with zero attached hydrogens (tertiary/aromatic N) is 2. The number of nitrogens with one attached hydrogen (secondary N) is 2. The van der Waals surface area contributed by atoms with Crippen LogP contribution >= 0.6 is 0 Å². The van der Waals surface area contributed by atoms with Crippen LogP contribution in [-0.4, -0.2) is 21.7 Å². The Hall–Kier alpha value is -2.14. The first-order chi connectivity index (χ1) is 11.1. The largest absolute Gasteiger partial charge is 0.348 e. The lowest BCUT2D eigenvalue weighted by Gasteiger charge is -2.33. The monoisotopic (exact) mass is 312 g/mol. The highest BCUT2D eigenvalue weighted by molar-refractivity contribution is 5.77. The zero-order valence-electron chi connectivity index (χ0n) is 13.7. The fourth-order valence-corrected chi connectivity index (χ4v) is 3.18. The van der Waals surface area contributed by atoms with Crippen LogP contribution < -0.4 is 10.6 Å². The number of hydrogen-bond donors (Lipinski definition) is 2. The van der Waals surface area contributed by atoms with Crippen LogP contribution in [0.1, 0.15) is 50.0 Å². The van der Waals surface area contributed by atoms with Gasteiger partial charge in [-0.2, -0.15) is 5.10 Å². The number of hydrogen-bond acceptors (Lipinski definition) is 3. The van der Waals surface area contributed by atoms with Crippen molar-refractivity contribution in [3.05, 3.63) is 53.9 Å². The van der Waals surface area contributed by atoms with Crippen molar-refractivity contribution in [2.24, 2.45) is 0 Å². The highest BCUT2D eigenvalue weighted by atomic mass is 16.1. The van der Waals surface area contributed by atoms with Gasteiger partial charge in [0.1, 0.15) is 0 Å². The number of carbonyl (C=O) groups excluding carboxylic acids is 1. The van der Waals surface area contributed by atoms with Gasteiger partial charge in [0, 0.05) is 31.2 Å². The fraction of sp³-hybridized carbons (Fsp3) is 0.444. The Kier molecular flexibility index (Phi) is 4.76. The summed E-state index contributed by atoms with van der Waals surface area (Å²) in [5.41, 5.74) is 2.32. The molecule has 0 unspecified atom stereocenters. The van der Waals surface area contributed by atoms with Crippen molar-refractivity contribution >= 4 is 5.91 Å². The van der Waals surface area contributed by atoms with Gasteiger partial charge in [0.15, 0.2) is 0 Å². The van der Waals surface area contributed by atoms with Gasteiger partial charge in [0.2, 0.25) is 5.91 Å². The number of aromatic nitrogens is 2. The van der Waals surface area contributed by atoms with E-state index in [-0.39, 0.29) is 18.0 Å². The van der Waals surface area contributed by atoms with Crippen LogP contribution in [-0.2, 0) is 11.3 Å². The van der Waals surface area contributed by atoms with Gasteiger partial charge in [-0.3, -0.25) is 9.48 Å². The lowest BCUT2D eigenvalue weighted by Crippen LogP contribution is -2.48. The summed E-state index contributed by atoms with van der Waals surface area (Å²) in [5, 5.41) is 11.1. The summed E-state index contributed by atoms with van der Waals surface area (Å²) in [7, 11) is 0. The number of benzene rings is 1. The molecule has 0 radical (unpaired) electrons. The minimum absolute atomic E-state index is 0.0212. The van der Waals surface area contributed by atoms with E-state index in [1.807, 2.05) is 35.1 Å². The highest BCUT2D eigenvalue weighted by Gasteiger charge is 2.29. The topological polar surface area (TPSA) is 59.0 Å². The van der Waals surface area contributed by atoms with Gasteiger partial charge in [-0.05, 0) is 31.9 Å². The summed E-state index contributed by atoms with van der Waals surface area (Å²) in [6.45, 7) is 5.01. The number of amides is 1. The fourth-order valence-electron chi connectivity index (χ4n) is 3.18. The Labute approximate surface area is 137 Å². The normalized spacial score (nSPS) is 21.4. The molecule has 122 valence electrons. The quantitative estimate of drug-likeness (QED) is 0.892. The van der Waals surface area contributed by atoms with Crippen LogP contribution in [0.4, 0.5) is 0 Å². The molecule has 1 aliphatic rings. The van der Waals surface area contributed by atoms with Crippen LogP contribution in [0.3, 0.4) is 0 Å². The highest BCUT2D eigenvalue weighted by Crippen LogP contribution is 2.24. The predicted octanol–water partition coefficient (Wildman–Crippen LogP) is 2.57. The first kappa shape index (κ1) is 15.7. The predicted molar refractivity (Wildman–Crippen MR) is 89.8 cm³/mol. The molecule has 5 nitrogen and oxygen atoms in total. The third kappa shape index (κ3) is 3.62. The Morgan fingerprint density at radius 3 is 2.83 bits per heavy atom. The Balaban J connectivity index is 1.72. The standard InChI is InChI=1S/C18H24N4O/c1-13(2)22-15(10-11-20-22)12-19-16-8-9-17(23)21-18(16)14-6-4-3-5-7-14/h3-7,10-11,13,16,18-19H,8-9,12H2,1-2H3,(H,21,23)/t16-,18+/m1/s1. The molecular formula is C18H24N4O. The molecular weight excluding hydrogens is 288 g/mol. The maximum absolute atomic E-state index is 11.8. The summed E-state index contributed by atoms with van der Waals surface area (Å²) >= 11 is 0. The van der Waals surface area contributed by atoms with Crippen molar-refractivity contribution in [2.75, 3.05) is 0 Å². The van der Waals surface area contributed by atoms with Crippen molar-refractivity contribution in [1.82, 2.24) is 20.4 Å². The van der Waals surface area contributed by atoms with E-state index in [1.165, 1.54) is 5.69 Å². The maximum Gasteiger partial charge on any atom is 0.220 e. The summed E-state index contributed by atoms with van der Waals surface area (Å²) < 4.78 is 2.03. The van der Waals surface area contributed by atoms with Gasteiger partial charge >= 0.3 is 0 Å². The SMILES string of the molecule is CC(C)n1nccc1CN[C@@H]1CCC(=O)N[C@H]1c1ccccc1. The van der Waals surface area contributed by atoms with Crippen molar-refractivity contribution in [2.45, 2.75) is 51.4 Å². The maximum atomic E-state index is 11.8. The minimum Gasteiger partial charge on any atom is -0.348 e. The van der Waals surface area contributed by atoms with Crippen molar-refractivity contribution in [3.8, 4) is 0 Å². The molecule has 1 aliphatic heterocycles. The van der Waals surface area contributed by atoms with E-state index in [9.17, 15) is 4.79 Å². The second-order valence-corrected chi connectivity index (χ2v) is 6.34. The van der Waals surface area contributed by atoms with Crippen LogP contribution in [0.25, 0.3) is 0 Å². The molecule has 1 aromatic heterocycles. The molecule has 0 spiro atoms. The molecule has 0 aliphatic carbocycles. The number of carbonyl (C=O) groups is 1. The minimum atomic E-state index is 0.0212. The molecule has 1 aromatic carbocycles. The van der Waals surface area contributed by atoms with E-state index >= 15 is 0 Å². The number of piperidine rings is 1. The first-order valence-electron chi connectivity index (χ1n) is 8.25. The Morgan fingerprint density at radius 1 is 1.30 bits per heavy atom. The Morgan fingerprint density at radius 2 is 2.09 bits per heavy atom. The van der Waals surface area contributed by atoms with Crippen molar-refractivity contribution in [3.63, 3.8) is 0 Å². The first-order valence-corrected chi connectivity index (χ1v) is 8.25. The average Bonchev–Trinajstić information content (AvgIpc) is 3.03. The Bertz CT molecular complexity index is 650. The van der Waals surface area contributed by atoms with E-state index in [4.69, 9.17) is 0 Å². The van der Waals surface area contributed by atoms with Crippen LogP contribution in [0.5, 0.6) is 0 Å². The summed E-state index contributed by atoms with van der Waals surface area (Å²) in [4.78, 5) is 11.8. The van der Waals surface area contributed by atoms with Crippen LogP contribution in [0, 0.1) is 0 Å². The van der Waals surface area contributed by atoms with Crippen LogP contribution in [0.15, 0.2) is 42.6 Å². The molecule has 2 aromatic rings. The molecule has 23 heavy (non-hydrogen) atoms. The lowest BCUT2D eigenvalue weighted by atomic mass is 9.92. The third-order valence-corrected chi connectivity index (χ3v) is 4.35. The lowest BCUT2D eigenvalue weighted by molar-refractivity contribution is -0.123. The summed E-state index contributed by atoms with van der Waals surface area (Å²) in [5.74, 6) is 0.129. The van der Waals surface area contributed by atoms with Crippen molar-refractivity contribution < 1.29 is 4.79 Å². The van der Waals surface area contributed by atoms with E-state index in [0.717, 1.165) is 18.5 Å². The molecule has 1 fully saturated rings. The van der Waals surface area contributed by atoms with Gasteiger partial charge < -0.3 is 10.6 Å². The van der Waals surface area contributed by atoms with Gasteiger partial charge in [-0.25, -0.2) is 0 Å². The zero-order valence-corrected chi connectivity index (χ0v) is 13.7. The zero-order chi connectivity index (χ0) is 16.2. The molecule has 1 amide bonds. The van der Waals surface area contributed by atoms with Gasteiger partial charge in [-0.1, -0.05) is 30.3 Å². The van der Waals surface area contributed by atoms with E-state index in [1.54, 1.807) is 0 Å². The molecule has 0 bridgehead atoms. The molecule has 5 heteroatoms. The summed E-state index contributed by atoms with van der Waals surface area (Å²) in [6.07, 6.45) is 3.26. The number of rotatable bonds is 5. The molecule has 2 atom stereocenters. The second-order valence-electron chi connectivity index (χ2n) is 6.34. The molecule has 0 saturated carbocycles. The molecule has 2 heterocycles. The molecule has 1 saturated heterocycles. The van der Waals surface area contributed by atoms with E-state index < -0.39 is 0 Å². The van der Waals surface area contributed by atoms with Crippen molar-refractivity contribution in [1.29, 1.82) is 0 Å². The van der Waals surface area contributed by atoms with E-state index in [2.05, 4.69) is 41.7 Å². The molecule has 2 N–H and O–H groups in total. The second kappa shape index (κ2) is 6.96. The average molecular weight is 312 g/mol. The van der Waals surface area contributed by atoms with E-state index in [0.29, 0.717) is 12.5 Å². The third-order valence-electron chi connectivity index (χ3n) is 4.35. The smallest absolute Gasteiger partial charge is 0.220 e.